The predicted molar refractivity (Wildman–Crippen MR) is 94.8 cm³/mol. The smallest absolute Gasteiger partial charge is 0.322 e. The van der Waals surface area contributed by atoms with E-state index in [4.69, 9.17) is 9.47 Å². The van der Waals surface area contributed by atoms with Crippen LogP contribution < -0.4 is 15.1 Å². The Morgan fingerprint density at radius 1 is 1.21 bits per heavy atom. The van der Waals surface area contributed by atoms with Gasteiger partial charge in [0.25, 0.3) is 5.95 Å². The molecule has 0 radical (unpaired) electrons. The van der Waals surface area contributed by atoms with Gasteiger partial charge in [-0.3, -0.25) is 0 Å². The molecule has 0 bridgehead atoms. The molecule has 0 unspecified atom stereocenters. The minimum absolute atomic E-state index is 0.243. The first kappa shape index (κ1) is 16.6. The van der Waals surface area contributed by atoms with Gasteiger partial charge in [0.1, 0.15) is 0 Å². The van der Waals surface area contributed by atoms with Gasteiger partial charge in [0.2, 0.25) is 5.95 Å². The highest BCUT2D eigenvalue weighted by Gasteiger charge is 2.16. The average molecular weight is 393 g/mol. The summed E-state index contributed by atoms with van der Waals surface area (Å²) in [6.45, 7) is 2.76. The number of ether oxygens (including phenoxy) is 2. The molecule has 1 N–H and O–H groups in total. The maximum atomic E-state index is 5.34. The fourth-order valence-electron chi connectivity index (χ4n) is 2.11. The summed E-state index contributed by atoms with van der Waals surface area (Å²) < 4.78 is 11.5. The van der Waals surface area contributed by atoms with E-state index < -0.39 is 0 Å². The van der Waals surface area contributed by atoms with E-state index in [1.54, 1.807) is 6.21 Å². The van der Waals surface area contributed by atoms with Crippen LogP contribution in [0.1, 0.15) is 5.56 Å². The average Bonchev–Trinajstić information content (AvgIpc) is 2.64. The number of hydrogen-bond acceptors (Lipinski definition) is 8. The van der Waals surface area contributed by atoms with E-state index in [9.17, 15) is 0 Å². The molecule has 0 saturated carbocycles. The number of benzene rings is 1. The molecule has 2 heterocycles. The Hall–Kier alpha value is -2.26. The van der Waals surface area contributed by atoms with Crippen LogP contribution in [-0.4, -0.2) is 54.6 Å². The van der Waals surface area contributed by atoms with E-state index in [0.717, 1.165) is 23.1 Å². The van der Waals surface area contributed by atoms with Gasteiger partial charge in [0, 0.05) is 17.6 Å². The maximum absolute atomic E-state index is 5.34. The Kier molecular flexibility index (Phi) is 5.55. The summed E-state index contributed by atoms with van der Waals surface area (Å²) in [6.07, 6.45) is 1.69. The third-order valence-corrected chi connectivity index (χ3v) is 3.86. The molecule has 0 aliphatic carbocycles. The van der Waals surface area contributed by atoms with Gasteiger partial charge in [-0.05, 0) is 17.7 Å². The van der Waals surface area contributed by atoms with Gasteiger partial charge in [-0.2, -0.15) is 20.1 Å². The topological polar surface area (TPSA) is 84.8 Å². The van der Waals surface area contributed by atoms with Crippen molar-refractivity contribution in [1.82, 2.24) is 15.0 Å². The van der Waals surface area contributed by atoms with Crippen molar-refractivity contribution in [3.8, 4) is 6.01 Å². The van der Waals surface area contributed by atoms with Gasteiger partial charge in [0.05, 0.1) is 26.5 Å². The second-order valence-electron chi connectivity index (χ2n) is 4.97. The number of hydrogen-bond donors (Lipinski definition) is 1. The molecule has 1 fully saturated rings. The Balaban J connectivity index is 1.73. The van der Waals surface area contributed by atoms with Crippen LogP contribution in [0.4, 0.5) is 11.9 Å². The summed E-state index contributed by atoms with van der Waals surface area (Å²) in [5, 5.41) is 4.16. The Morgan fingerprint density at radius 3 is 2.67 bits per heavy atom. The van der Waals surface area contributed by atoms with Gasteiger partial charge >= 0.3 is 6.01 Å². The third kappa shape index (κ3) is 4.39. The SMILES string of the molecule is COc1nc(N/N=C/c2ccc(Br)cc2)nc(N2CCOCC2)n1. The highest BCUT2D eigenvalue weighted by atomic mass is 79.9. The molecule has 1 aliphatic rings. The molecule has 0 amide bonds. The van der Waals surface area contributed by atoms with Gasteiger partial charge in [-0.15, -0.1) is 0 Å². The van der Waals surface area contributed by atoms with Crippen LogP contribution in [0.15, 0.2) is 33.8 Å². The van der Waals surface area contributed by atoms with Gasteiger partial charge in [0.15, 0.2) is 0 Å². The number of nitrogens with one attached hydrogen (secondary N) is 1. The second-order valence-corrected chi connectivity index (χ2v) is 5.88. The molecule has 3 rings (SSSR count). The van der Waals surface area contributed by atoms with Crippen LogP contribution in [0.25, 0.3) is 0 Å². The number of nitrogens with zero attached hydrogens (tertiary/aromatic N) is 5. The Morgan fingerprint density at radius 2 is 1.96 bits per heavy atom. The lowest BCUT2D eigenvalue weighted by atomic mass is 10.2. The van der Waals surface area contributed by atoms with Crippen LogP contribution in [0.5, 0.6) is 6.01 Å². The van der Waals surface area contributed by atoms with E-state index in [1.165, 1.54) is 7.11 Å². The highest BCUT2D eigenvalue weighted by Crippen LogP contribution is 2.16. The van der Waals surface area contributed by atoms with Crippen molar-refractivity contribution >= 4 is 34.0 Å². The van der Waals surface area contributed by atoms with Crippen molar-refractivity contribution in [2.75, 3.05) is 43.7 Å². The first-order valence-corrected chi connectivity index (χ1v) is 8.21. The zero-order valence-corrected chi connectivity index (χ0v) is 14.7. The van der Waals surface area contributed by atoms with Crippen LogP contribution in [-0.2, 0) is 4.74 Å². The number of morpholine rings is 1. The molecule has 1 aromatic carbocycles. The molecule has 1 aliphatic heterocycles. The first-order chi connectivity index (χ1) is 11.7. The molecule has 0 spiro atoms. The van der Waals surface area contributed by atoms with E-state index in [-0.39, 0.29) is 6.01 Å². The number of aromatic nitrogens is 3. The van der Waals surface area contributed by atoms with E-state index in [1.807, 2.05) is 29.2 Å². The van der Waals surface area contributed by atoms with Gasteiger partial charge in [-0.1, -0.05) is 28.1 Å². The van der Waals surface area contributed by atoms with Gasteiger partial charge < -0.3 is 14.4 Å². The molecule has 126 valence electrons. The monoisotopic (exact) mass is 392 g/mol. The van der Waals surface area contributed by atoms with Crippen molar-refractivity contribution in [3.05, 3.63) is 34.3 Å². The third-order valence-electron chi connectivity index (χ3n) is 3.33. The largest absolute Gasteiger partial charge is 0.467 e. The molecule has 1 aromatic heterocycles. The van der Waals surface area contributed by atoms with Crippen LogP contribution >= 0.6 is 15.9 Å². The van der Waals surface area contributed by atoms with E-state index >= 15 is 0 Å². The van der Waals surface area contributed by atoms with Gasteiger partial charge in [-0.25, -0.2) is 5.43 Å². The quantitative estimate of drug-likeness (QED) is 0.614. The first-order valence-electron chi connectivity index (χ1n) is 7.42. The van der Waals surface area contributed by atoms with Crippen LogP contribution in [0.2, 0.25) is 0 Å². The summed E-state index contributed by atoms with van der Waals surface area (Å²) in [6, 6.07) is 8.03. The van der Waals surface area contributed by atoms with Crippen molar-refractivity contribution in [1.29, 1.82) is 0 Å². The number of halogens is 1. The molecule has 1 saturated heterocycles. The molecular weight excluding hydrogens is 376 g/mol. The van der Waals surface area contributed by atoms with Crippen LogP contribution in [0, 0.1) is 0 Å². The lowest BCUT2D eigenvalue weighted by Crippen LogP contribution is -2.37. The molecule has 2 aromatic rings. The lowest BCUT2D eigenvalue weighted by Gasteiger charge is -2.26. The van der Waals surface area contributed by atoms with Crippen molar-refractivity contribution in [2.45, 2.75) is 0 Å². The summed E-state index contributed by atoms with van der Waals surface area (Å²) >= 11 is 3.40. The number of methoxy groups -OCH3 is 1. The molecular formula is C15H17BrN6O2. The minimum Gasteiger partial charge on any atom is -0.467 e. The zero-order chi connectivity index (χ0) is 16.8. The highest BCUT2D eigenvalue weighted by molar-refractivity contribution is 9.10. The molecule has 9 heteroatoms. The lowest BCUT2D eigenvalue weighted by molar-refractivity contribution is 0.122. The fourth-order valence-corrected chi connectivity index (χ4v) is 2.37. The fraction of sp³-hybridized carbons (Fsp3) is 0.333. The predicted octanol–water partition coefficient (Wildman–Crippen LogP) is 1.93. The molecule has 24 heavy (non-hydrogen) atoms. The van der Waals surface area contributed by atoms with Crippen molar-refractivity contribution in [2.24, 2.45) is 5.10 Å². The summed E-state index contributed by atoms with van der Waals surface area (Å²) in [5.41, 5.74) is 3.78. The Labute approximate surface area is 148 Å². The standard InChI is InChI=1S/C15H17BrN6O2/c1-23-15-19-13(18-14(20-15)22-6-8-24-9-7-22)21-17-10-11-2-4-12(16)5-3-11/h2-5,10H,6-9H2,1H3,(H,18,19,20,21)/b17-10+. The maximum Gasteiger partial charge on any atom is 0.322 e. The normalized spacial score (nSPS) is 14.8. The van der Waals surface area contributed by atoms with E-state index in [2.05, 4.69) is 41.4 Å². The van der Waals surface area contributed by atoms with Crippen molar-refractivity contribution < 1.29 is 9.47 Å². The van der Waals surface area contributed by atoms with E-state index in [0.29, 0.717) is 25.1 Å². The minimum atomic E-state index is 0.243. The summed E-state index contributed by atoms with van der Waals surface area (Å²) in [5.74, 6) is 0.878. The number of hydrazone groups is 1. The molecule has 0 atom stereocenters. The summed E-state index contributed by atoms with van der Waals surface area (Å²) in [4.78, 5) is 14.8. The Bertz CT molecular complexity index is 704. The second kappa shape index (κ2) is 8.02. The zero-order valence-electron chi connectivity index (χ0n) is 13.1. The molecule has 8 nitrogen and oxygen atoms in total. The summed E-state index contributed by atoms with van der Waals surface area (Å²) in [7, 11) is 1.52. The number of rotatable bonds is 5. The van der Waals surface area contributed by atoms with Crippen molar-refractivity contribution in [3.63, 3.8) is 0 Å². The van der Waals surface area contributed by atoms with Crippen LogP contribution in [0.3, 0.4) is 0 Å². The number of anilines is 2.